The standard InChI is InChI=1S/C19H22N2O3/c1-13-6-7-15(14(2)10-13)8-9-19(23)21-16-4-3-5-17(11-16)24-12-18(20)22/h3-7,10-11H,8-9,12H2,1-2H3,(H2,20,22)(H,21,23). The molecule has 2 rings (SSSR count). The van der Waals surface area contributed by atoms with Gasteiger partial charge < -0.3 is 15.8 Å². The molecule has 0 heterocycles. The van der Waals surface area contributed by atoms with E-state index in [9.17, 15) is 9.59 Å². The summed E-state index contributed by atoms with van der Waals surface area (Å²) in [5.41, 5.74) is 9.26. The molecule has 0 aromatic heterocycles. The van der Waals surface area contributed by atoms with E-state index in [1.165, 1.54) is 16.7 Å². The van der Waals surface area contributed by atoms with Crippen LogP contribution >= 0.6 is 0 Å². The molecule has 5 nitrogen and oxygen atoms in total. The molecule has 0 aliphatic carbocycles. The quantitative estimate of drug-likeness (QED) is 0.821. The highest BCUT2D eigenvalue weighted by molar-refractivity contribution is 5.91. The summed E-state index contributed by atoms with van der Waals surface area (Å²) in [5, 5.41) is 2.84. The van der Waals surface area contributed by atoms with Crippen LogP contribution in [0, 0.1) is 13.8 Å². The SMILES string of the molecule is Cc1ccc(CCC(=O)Nc2cccc(OCC(N)=O)c2)c(C)c1. The fourth-order valence-corrected chi connectivity index (χ4v) is 2.42. The molecule has 2 amide bonds. The Bertz CT molecular complexity index is 741. The molecule has 0 unspecified atom stereocenters. The van der Waals surface area contributed by atoms with Crippen molar-refractivity contribution in [3.05, 3.63) is 59.2 Å². The lowest BCUT2D eigenvalue weighted by Crippen LogP contribution is -2.20. The van der Waals surface area contributed by atoms with Crippen LogP contribution in [0.4, 0.5) is 5.69 Å². The number of nitrogens with two attached hydrogens (primary N) is 1. The molecule has 2 aromatic rings. The second kappa shape index (κ2) is 8.15. The number of hydrogen-bond donors (Lipinski definition) is 2. The van der Waals surface area contributed by atoms with Crippen LogP contribution in [0.3, 0.4) is 0 Å². The number of amides is 2. The first-order chi connectivity index (χ1) is 11.4. The van der Waals surface area contributed by atoms with Crippen LogP contribution in [-0.2, 0) is 16.0 Å². The summed E-state index contributed by atoms with van der Waals surface area (Å²) in [6.45, 7) is 3.92. The molecule has 24 heavy (non-hydrogen) atoms. The summed E-state index contributed by atoms with van der Waals surface area (Å²) in [6, 6.07) is 13.1. The minimum absolute atomic E-state index is 0.0676. The first-order valence-corrected chi connectivity index (χ1v) is 7.81. The van der Waals surface area contributed by atoms with Crippen LogP contribution in [0.5, 0.6) is 5.75 Å². The molecule has 0 radical (unpaired) electrons. The van der Waals surface area contributed by atoms with Crippen LogP contribution in [0.25, 0.3) is 0 Å². The number of primary amides is 1. The summed E-state index contributed by atoms with van der Waals surface area (Å²) in [5.74, 6) is -0.124. The molecule has 0 aliphatic rings. The fraction of sp³-hybridized carbons (Fsp3) is 0.263. The molecular formula is C19H22N2O3. The van der Waals surface area contributed by atoms with Gasteiger partial charge in [-0.05, 0) is 43.5 Å². The molecule has 0 bridgehead atoms. The Morgan fingerprint density at radius 3 is 2.62 bits per heavy atom. The summed E-state index contributed by atoms with van der Waals surface area (Å²) >= 11 is 0. The Kier molecular flexibility index (Phi) is 5.95. The van der Waals surface area contributed by atoms with E-state index in [2.05, 4.69) is 37.4 Å². The van der Waals surface area contributed by atoms with Crippen LogP contribution < -0.4 is 15.8 Å². The zero-order valence-corrected chi connectivity index (χ0v) is 14.0. The summed E-state index contributed by atoms with van der Waals surface area (Å²) in [6.07, 6.45) is 1.09. The third-order valence-electron chi connectivity index (χ3n) is 3.62. The Hall–Kier alpha value is -2.82. The smallest absolute Gasteiger partial charge is 0.255 e. The molecule has 0 saturated carbocycles. The maximum absolute atomic E-state index is 12.1. The molecule has 0 atom stereocenters. The number of hydrogen-bond acceptors (Lipinski definition) is 3. The predicted molar refractivity (Wildman–Crippen MR) is 94.0 cm³/mol. The van der Waals surface area contributed by atoms with Gasteiger partial charge in [0.15, 0.2) is 6.61 Å². The molecule has 0 spiro atoms. The number of carbonyl (C=O) groups excluding carboxylic acids is 2. The zero-order chi connectivity index (χ0) is 17.5. The van der Waals surface area contributed by atoms with E-state index < -0.39 is 5.91 Å². The van der Waals surface area contributed by atoms with E-state index in [0.29, 0.717) is 24.3 Å². The normalized spacial score (nSPS) is 10.2. The maximum atomic E-state index is 12.1. The average molecular weight is 326 g/mol. The van der Waals surface area contributed by atoms with Crippen molar-refractivity contribution >= 4 is 17.5 Å². The monoisotopic (exact) mass is 326 g/mol. The third kappa shape index (κ3) is 5.43. The van der Waals surface area contributed by atoms with E-state index in [1.54, 1.807) is 24.3 Å². The second-order valence-electron chi connectivity index (χ2n) is 5.76. The number of carbonyl (C=O) groups is 2. The van der Waals surface area contributed by atoms with Crippen LogP contribution in [-0.4, -0.2) is 18.4 Å². The van der Waals surface area contributed by atoms with Crippen molar-refractivity contribution in [1.29, 1.82) is 0 Å². The molecule has 5 heteroatoms. The van der Waals surface area contributed by atoms with Gasteiger partial charge in [0.05, 0.1) is 0 Å². The Morgan fingerprint density at radius 2 is 1.92 bits per heavy atom. The van der Waals surface area contributed by atoms with Crippen molar-refractivity contribution < 1.29 is 14.3 Å². The van der Waals surface area contributed by atoms with Gasteiger partial charge in [0.1, 0.15) is 5.75 Å². The molecule has 0 fully saturated rings. The molecular weight excluding hydrogens is 304 g/mol. The van der Waals surface area contributed by atoms with Crippen molar-refractivity contribution in [1.82, 2.24) is 0 Å². The highest BCUT2D eigenvalue weighted by Gasteiger charge is 2.06. The third-order valence-corrected chi connectivity index (χ3v) is 3.62. The van der Waals surface area contributed by atoms with E-state index >= 15 is 0 Å². The van der Waals surface area contributed by atoms with Crippen molar-refractivity contribution in [3.63, 3.8) is 0 Å². The van der Waals surface area contributed by atoms with Gasteiger partial charge in [-0.3, -0.25) is 9.59 Å². The van der Waals surface area contributed by atoms with Gasteiger partial charge in [0.25, 0.3) is 5.91 Å². The van der Waals surface area contributed by atoms with Gasteiger partial charge in [-0.2, -0.15) is 0 Å². The number of ether oxygens (including phenoxy) is 1. The van der Waals surface area contributed by atoms with Crippen LogP contribution in [0.15, 0.2) is 42.5 Å². The topological polar surface area (TPSA) is 81.4 Å². The lowest BCUT2D eigenvalue weighted by molar-refractivity contribution is -0.120. The van der Waals surface area contributed by atoms with Gasteiger partial charge in [-0.25, -0.2) is 0 Å². The number of aryl methyl sites for hydroxylation is 3. The Morgan fingerprint density at radius 1 is 1.12 bits per heavy atom. The van der Waals surface area contributed by atoms with Gasteiger partial charge in [0.2, 0.25) is 5.91 Å². The fourth-order valence-electron chi connectivity index (χ4n) is 2.42. The predicted octanol–water partition coefficient (Wildman–Crippen LogP) is 2.74. The summed E-state index contributed by atoms with van der Waals surface area (Å²) in [7, 11) is 0. The van der Waals surface area contributed by atoms with E-state index in [1.807, 2.05) is 0 Å². The Labute approximate surface area is 141 Å². The molecule has 3 N–H and O–H groups in total. The van der Waals surface area contributed by atoms with Crippen molar-refractivity contribution in [3.8, 4) is 5.75 Å². The van der Waals surface area contributed by atoms with Gasteiger partial charge in [-0.1, -0.05) is 29.8 Å². The second-order valence-corrected chi connectivity index (χ2v) is 5.76. The number of nitrogens with one attached hydrogen (secondary N) is 1. The molecule has 126 valence electrons. The van der Waals surface area contributed by atoms with Gasteiger partial charge in [-0.15, -0.1) is 0 Å². The number of rotatable bonds is 7. The van der Waals surface area contributed by atoms with Crippen molar-refractivity contribution in [2.24, 2.45) is 5.73 Å². The first kappa shape index (κ1) is 17.5. The zero-order valence-electron chi connectivity index (χ0n) is 14.0. The summed E-state index contributed by atoms with van der Waals surface area (Å²) < 4.78 is 5.22. The molecule has 0 aliphatic heterocycles. The van der Waals surface area contributed by atoms with Crippen molar-refractivity contribution in [2.45, 2.75) is 26.7 Å². The number of benzene rings is 2. The van der Waals surface area contributed by atoms with E-state index in [0.717, 1.165) is 0 Å². The number of anilines is 1. The largest absolute Gasteiger partial charge is 0.484 e. The Balaban J connectivity index is 1.90. The lowest BCUT2D eigenvalue weighted by Gasteiger charge is -2.09. The van der Waals surface area contributed by atoms with E-state index in [-0.39, 0.29) is 12.5 Å². The summed E-state index contributed by atoms with van der Waals surface area (Å²) in [4.78, 5) is 22.8. The minimum atomic E-state index is -0.544. The van der Waals surface area contributed by atoms with Crippen LogP contribution in [0.1, 0.15) is 23.1 Å². The first-order valence-electron chi connectivity index (χ1n) is 7.81. The average Bonchev–Trinajstić information content (AvgIpc) is 2.52. The van der Waals surface area contributed by atoms with Crippen LogP contribution in [0.2, 0.25) is 0 Å². The van der Waals surface area contributed by atoms with E-state index in [4.69, 9.17) is 10.5 Å². The molecule has 0 saturated heterocycles. The van der Waals surface area contributed by atoms with Crippen molar-refractivity contribution in [2.75, 3.05) is 11.9 Å². The lowest BCUT2D eigenvalue weighted by atomic mass is 10.0. The van der Waals surface area contributed by atoms with Gasteiger partial charge in [0, 0.05) is 18.2 Å². The minimum Gasteiger partial charge on any atom is -0.484 e. The molecule has 2 aromatic carbocycles. The highest BCUT2D eigenvalue weighted by Crippen LogP contribution is 2.18. The highest BCUT2D eigenvalue weighted by atomic mass is 16.5. The van der Waals surface area contributed by atoms with Gasteiger partial charge >= 0.3 is 0 Å². The maximum Gasteiger partial charge on any atom is 0.255 e.